The molecule has 0 unspecified atom stereocenters. The molecule has 0 aliphatic rings. The number of aryl methyl sites for hydroxylation is 1. The van der Waals surface area contributed by atoms with Crippen molar-refractivity contribution in [3.63, 3.8) is 0 Å². The summed E-state index contributed by atoms with van der Waals surface area (Å²) in [4.78, 5) is 17.3. The van der Waals surface area contributed by atoms with E-state index in [0.717, 1.165) is 23.4 Å². The zero-order valence-electron chi connectivity index (χ0n) is 9.06. The van der Waals surface area contributed by atoms with Gasteiger partial charge in [-0.2, -0.15) is 0 Å². The fourth-order valence-electron chi connectivity index (χ4n) is 1.70. The predicted octanol–water partition coefficient (Wildman–Crippen LogP) is 1.52. The highest BCUT2D eigenvalue weighted by Crippen LogP contribution is 2.18. The maximum atomic E-state index is 11.0. The number of hydrogen-bond donors (Lipinski definition) is 0. The number of pyridine rings is 1. The molecule has 2 aromatic heterocycles. The van der Waals surface area contributed by atoms with Gasteiger partial charge in [0.2, 0.25) is 0 Å². The number of rotatable bonds is 2. The van der Waals surface area contributed by atoms with E-state index in [-0.39, 0.29) is 0 Å². The van der Waals surface area contributed by atoms with Crippen LogP contribution in [0.4, 0.5) is 5.82 Å². The van der Waals surface area contributed by atoms with Crippen molar-refractivity contribution in [1.29, 1.82) is 0 Å². The Morgan fingerprint density at radius 1 is 1.40 bits per heavy atom. The van der Waals surface area contributed by atoms with Gasteiger partial charge in [0.15, 0.2) is 6.29 Å². The number of carbonyl (C=O) groups excluding carboxylic acids is 1. The highest BCUT2D eigenvalue weighted by Gasteiger charge is 2.11. The van der Waals surface area contributed by atoms with Gasteiger partial charge in [0.1, 0.15) is 17.2 Å². The molecule has 0 N–H and O–H groups in total. The van der Waals surface area contributed by atoms with Gasteiger partial charge in [0.25, 0.3) is 0 Å². The Morgan fingerprint density at radius 2 is 2.13 bits per heavy atom. The average Bonchev–Trinajstić information content (AvgIpc) is 2.52. The van der Waals surface area contributed by atoms with Crippen LogP contribution in [0, 0.1) is 6.92 Å². The molecule has 0 fully saturated rings. The molecule has 0 spiro atoms. The molecule has 0 radical (unpaired) electrons. The molecule has 2 heterocycles. The van der Waals surface area contributed by atoms with Crippen molar-refractivity contribution in [2.24, 2.45) is 0 Å². The topological polar surface area (TPSA) is 37.6 Å². The summed E-state index contributed by atoms with van der Waals surface area (Å²) in [7, 11) is 3.89. The summed E-state index contributed by atoms with van der Waals surface area (Å²) < 4.78 is 1.86. The molecule has 0 amide bonds. The van der Waals surface area contributed by atoms with Crippen LogP contribution in [0.3, 0.4) is 0 Å². The van der Waals surface area contributed by atoms with E-state index in [1.807, 2.05) is 48.5 Å². The van der Waals surface area contributed by atoms with E-state index in [9.17, 15) is 4.79 Å². The molecule has 0 aliphatic heterocycles. The molecule has 2 rings (SSSR count). The number of aromatic nitrogens is 2. The van der Waals surface area contributed by atoms with Crippen molar-refractivity contribution in [2.75, 3.05) is 19.0 Å². The highest BCUT2D eigenvalue weighted by atomic mass is 16.1. The zero-order chi connectivity index (χ0) is 11.0. The fourth-order valence-corrected chi connectivity index (χ4v) is 1.70. The molecule has 15 heavy (non-hydrogen) atoms. The number of nitrogens with zero attached hydrogens (tertiary/aromatic N) is 3. The maximum Gasteiger partial charge on any atom is 0.168 e. The van der Waals surface area contributed by atoms with E-state index in [1.165, 1.54) is 0 Å². The minimum absolute atomic E-state index is 0.620. The van der Waals surface area contributed by atoms with Gasteiger partial charge in [-0.15, -0.1) is 0 Å². The van der Waals surface area contributed by atoms with Crippen LogP contribution in [-0.4, -0.2) is 29.8 Å². The van der Waals surface area contributed by atoms with Crippen LogP contribution in [0.2, 0.25) is 0 Å². The van der Waals surface area contributed by atoms with Crippen LogP contribution in [0.5, 0.6) is 0 Å². The number of imidazole rings is 1. The minimum Gasteiger partial charge on any atom is -0.364 e. The normalized spacial score (nSPS) is 10.6. The van der Waals surface area contributed by atoms with Crippen LogP contribution in [-0.2, 0) is 0 Å². The standard InChI is InChI=1S/C11H13N3O/c1-8-9(7-15)14-10(12-8)5-4-6-11(14)13(2)3/h4-7H,1-3H3. The van der Waals surface area contributed by atoms with Gasteiger partial charge in [0, 0.05) is 14.1 Å². The van der Waals surface area contributed by atoms with Crippen molar-refractivity contribution in [3.8, 4) is 0 Å². The van der Waals surface area contributed by atoms with Gasteiger partial charge in [-0.3, -0.25) is 9.20 Å². The Hall–Kier alpha value is -1.84. The van der Waals surface area contributed by atoms with Crippen molar-refractivity contribution in [2.45, 2.75) is 6.92 Å². The summed E-state index contributed by atoms with van der Waals surface area (Å²) in [6.45, 7) is 1.84. The summed E-state index contributed by atoms with van der Waals surface area (Å²) in [5, 5.41) is 0. The SMILES string of the molecule is Cc1nc2cccc(N(C)C)n2c1C=O. The van der Waals surface area contributed by atoms with Crippen LogP contribution >= 0.6 is 0 Å². The van der Waals surface area contributed by atoms with Crippen molar-refractivity contribution in [1.82, 2.24) is 9.38 Å². The van der Waals surface area contributed by atoms with Gasteiger partial charge in [0.05, 0.1) is 5.69 Å². The Labute approximate surface area is 88.2 Å². The first kappa shape index (κ1) is 9.71. The molecule has 4 nitrogen and oxygen atoms in total. The van der Waals surface area contributed by atoms with E-state index in [2.05, 4.69) is 4.98 Å². The first-order chi connectivity index (χ1) is 7.15. The second-order valence-corrected chi connectivity index (χ2v) is 3.67. The molecular weight excluding hydrogens is 190 g/mol. The molecule has 0 aromatic carbocycles. The average molecular weight is 203 g/mol. The predicted molar refractivity (Wildman–Crippen MR) is 59.6 cm³/mol. The lowest BCUT2D eigenvalue weighted by Crippen LogP contribution is -2.13. The molecule has 2 aromatic rings. The number of aldehydes is 1. The second kappa shape index (κ2) is 3.38. The van der Waals surface area contributed by atoms with Gasteiger partial charge in [-0.25, -0.2) is 4.98 Å². The third-order valence-corrected chi connectivity index (χ3v) is 2.41. The van der Waals surface area contributed by atoms with Crippen molar-refractivity contribution in [3.05, 3.63) is 29.6 Å². The smallest absolute Gasteiger partial charge is 0.168 e. The van der Waals surface area contributed by atoms with Gasteiger partial charge in [-0.1, -0.05) is 6.07 Å². The zero-order valence-corrected chi connectivity index (χ0v) is 9.06. The monoisotopic (exact) mass is 203 g/mol. The number of fused-ring (bicyclic) bond motifs is 1. The number of hydrogen-bond acceptors (Lipinski definition) is 3. The van der Waals surface area contributed by atoms with Crippen LogP contribution in [0.25, 0.3) is 5.65 Å². The van der Waals surface area contributed by atoms with Gasteiger partial charge >= 0.3 is 0 Å². The van der Waals surface area contributed by atoms with E-state index in [1.54, 1.807) is 0 Å². The molecule has 78 valence electrons. The Kier molecular flexibility index (Phi) is 2.19. The molecule has 0 bridgehead atoms. The molecule has 0 atom stereocenters. The molecule has 0 saturated heterocycles. The largest absolute Gasteiger partial charge is 0.364 e. The highest BCUT2D eigenvalue weighted by molar-refractivity contribution is 5.78. The summed E-state index contributed by atoms with van der Waals surface area (Å²) in [5.41, 5.74) is 2.19. The molecule has 0 saturated carbocycles. The number of carbonyl (C=O) groups is 1. The quantitative estimate of drug-likeness (QED) is 0.694. The van der Waals surface area contributed by atoms with E-state index >= 15 is 0 Å². The molecule has 4 heteroatoms. The lowest BCUT2D eigenvalue weighted by molar-refractivity contribution is 0.111. The lowest BCUT2D eigenvalue weighted by Gasteiger charge is -2.14. The van der Waals surface area contributed by atoms with Crippen molar-refractivity contribution < 1.29 is 4.79 Å². The summed E-state index contributed by atoms with van der Waals surface area (Å²) in [6, 6.07) is 5.79. The van der Waals surface area contributed by atoms with Crippen molar-refractivity contribution >= 4 is 17.8 Å². The fraction of sp³-hybridized carbons (Fsp3) is 0.273. The molecular formula is C11H13N3O. The van der Waals surface area contributed by atoms with E-state index < -0.39 is 0 Å². The first-order valence-electron chi connectivity index (χ1n) is 4.75. The second-order valence-electron chi connectivity index (χ2n) is 3.67. The Bertz CT molecular complexity index is 514. The Balaban J connectivity index is 2.87. The van der Waals surface area contributed by atoms with Crippen LogP contribution in [0.15, 0.2) is 18.2 Å². The lowest BCUT2D eigenvalue weighted by atomic mass is 10.3. The Morgan fingerprint density at radius 3 is 2.73 bits per heavy atom. The third kappa shape index (κ3) is 1.38. The van der Waals surface area contributed by atoms with E-state index in [0.29, 0.717) is 5.69 Å². The van der Waals surface area contributed by atoms with E-state index in [4.69, 9.17) is 0 Å². The van der Waals surface area contributed by atoms with Gasteiger partial charge in [-0.05, 0) is 19.1 Å². The summed E-state index contributed by atoms with van der Waals surface area (Å²) in [5.74, 6) is 0.954. The maximum absolute atomic E-state index is 11.0. The minimum atomic E-state index is 0.620. The number of anilines is 1. The summed E-state index contributed by atoms with van der Waals surface area (Å²) in [6.07, 6.45) is 0.850. The third-order valence-electron chi connectivity index (χ3n) is 2.41. The van der Waals surface area contributed by atoms with Gasteiger partial charge < -0.3 is 4.90 Å². The summed E-state index contributed by atoms with van der Waals surface area (Å²) >= 11 is 0. The molecule has 0 aliphatic carbocycles. The van der Waals surface area contributed by atoms with Crippen LogP contribution in [0.1, 0.15) is 16.2 Å². The van der Waals surface area contributed by atoms with Crippen LogP contribution < -0.4 is 4.90 Å². The first-order valence-corrected chi connectivity index (χ1v) is 4.75.